The highest BCUT2D eigenvalue weighted by Crippen LogP contribution is 2.51. The summed E-state index contributed by atoms with van der Waals surface area (Å²) in [7, 11) is 8.16. The molecule has 1 saturated heterocycles. The smallest absolute Gasteiger partial charge is 0.226 e. The number of carbonyl (C=O) groups is 1. The van der Waals surface area contributed by atoms with Crippen molar-refractivity contribution in [2.45, 2.75) is 69.4 Å². The second-order valence-electron chi connectivity index (χ2n) is 10.4. The minimum Gasteiger partial charge on any atom is -0.383 e. The fourth-order valence-corrected chi connectivity index (χ4v) is 6.37. The molecule has 1 N–H and O–H groups in total. The highest BCUT2D eigenvalue weighted by molar-refractivity contribution is 5.81. The second kappa shape index (κ2) is 11.1. The van der Waals surface area contributed by atoms with Crippen LogP contribution in [-0.4, -0.2) is 69.2 Å². The largest absolute Gasteiger partial charge is 0.383 e. The average molecular weight is 444 g/mol. The first-order valence-corrected chi connectivity index (χ1v) is 12.6. The van der Waals surface area contributed by atoms with Gasteiger partial charge < -0.3 is 15.0 Å². The van der Waals surface area contributed by atoms with E-state index in [0.717, 1.165) is 64.5 Å². The molecule has 32 heavy (non-hydrogen) atoms. The van der Waals surface area contributed by atoms with E-state index in [1.807, 2.05) is 7.05 Å². The molecular weight excluding hydrogens is 398 g/mol. The first-order chi connectivity index (χ1) is 15.4. The number of nitrogens with one attached hydrogen (secondary N) is 1. The van der Waals surface area contributed by atoms with Crippen molar-refractivity contribution in [3.05, 3.63) is 35.9 Å². The van der Waals surface area contributed by atoms with Gasteiger partial charge in [-0.1, -0.05) is 37.3 Å². The standard InChI is InChI=1S/C27H45N3O2/c1-22(10-9-19-28-2)24-13-14-26(30(25(24)31)20-21-32-5)15-17-27(18-16-26,29(3)4)23-11-7-6-8-12-23/h6-8,11-12,22,24,28H,9-10,13-21H2,1-5H3. The summed E-state index contributed by atoms with van der Waals surface area (Å²) >= 11 is 0. The average Bonchev–Trinajstić information content (AvgIpc) is 2.80. The molecule has 1 heterocycles. The third-order valence-corrected chi connectivity index (χ3v) is 8.54. The number of likely N-dealkylation sites (tertiary alicyclic amines) is 1. The van der Waals surface area contributed by atoms with Crippen LogP contribution in [0, 0.1) is 11.8 Å². The number of ether oxygens (including phenoxy) is 1. The molecule has 1 aliphatic heterocycles. The summed E-state index contributed by atoms with van der Waals surface area (Å²) < 4.78 is 5.44. The van der Waals surface area contributed by atoms with E-state index in [2.05, 4.69) is 66.5 Å². The van der Waals surface area contributed by atoms with Crippen LogP contribution in [0.2, 0.25) is 0 Å². The molecule has 1 amide bonds. The Morgan fingerprint density at radius 1 is 1.16 bits per heavy atom. The van der Waals surface area contributed by atoms with E-state index in [0.29, 0.717) is 18.4 Å². The Morgan fingerprint density at radius 2 is 1.84 bits per heavy atom. The predicted molar refractivity (Wildman–Crippen MR) is 132 cm³/mol. The van der Waals surface area contributed by atoms with Crippen LogP contribution in [0.3, 0.4) is 0 Å². The van der Waals surface area contributed by atoms with Gasteiger partial charge in [0.1, 0.15) is 0 Å². The van der Waals surface area contributed by atoms with E-state index >= 15 is 0 Å². The molecule has 2 aliphatic rings. The molecule has 1 saturated carbocycles. The first kappa shape index (κ1) is 25.2. The zero-order chi connectivity index (χ0) is 23.2. The maximum atomic E-state index is 13.8. The molecule has 0 radical (unpaired) electrons. The van der Waals surface area contributed by atoms with Crippen molar-refractivity contribution < 1.29 is 9.53 Å². The summed E-state index contributed by atoms with van der Waals surface area (Å²) in [5.41, 5.74) is 1.45. The monoisotopic (exact) mass is 443 g/mol. The van der Waals surface area contributed by atoms with E-state index in [1.54, 1.807) is 7.11 Å². The molecule has 2 unspecified atom stereocenters. The Balaban J connectivity index is 1.78. The lowest BCUT2D eigenvalue weighted by Crippen LogP contribution is -2.62. The van der Waals surface area contributed by atoms with Gasteiger partial charge in [0.05, 0.1) is 6.61 Å². The number of rotatable bonds is 10. The molecule has 5 heteroatoms. The minimum absolute atomic E-state index is 0.00883. The molecule has 1 aromatic carbocycles. The zero-order valence-corrected chi connectivity index (χ0v) is 21.0. The van der Waals surface area contributed by atoms with E-state index in [1.165, 1.54) is 5.56 Å². The molecule has 3 rings (SSSR count). The molecule has 0 aromatic heterocycles. The summed E-state index contributed by atoms with van der Waals surface area (Å²) in [6.07, 6.45) is 8.71. The van der Waals surface area contributed by atoms with Gasteiger partial charge in [0.25, 0.3) is 0 Å². The molecule has 1 spiro atoms. The van der Waals surface area contributed by atoms with E-state index in [-0.39, 0.29) is 17.0 Å². The predicted octanol–water partition coefficient (Wildman–Crippen LogP) is 4.28. The quantitative estimate of drug-likeness (QED) is 0.548. The van der Waals surface area contributed by atoms with Crippen molar-refractivity contribution >= 4 is 5.91 Å². The maximum absolute atomic E-state index is 13.8. The molecule has 1 aromatic rings. The van der Waals surface area contributed by atoms with E-state index in [4.69, 9.17) is 4.74 Å². The number of carbonyl (C=O) groups excluding carboxylic acids is 1. The summed E-state index contributed by atoms with van der Waals surface area (Å²) in [4.78, 5) is 18.5. The van der Waals surface area contributed by atoms with Gasteiger partial charge in [0, 0.05) is 30.7 Å². The van der Waals surface area contributed by atoms with Gasteiger partial charge in [0.15, 0.2) is 0 Å². The fraction of sp³-hybridized carbons (Fsp3) is 0.741. The van der Waals surface area contributed by atoms with Gasteiger partial charge in [-0.25, -0.2) is 0 Å². The summed E-state index contributed by atoms with van der Waals surface area (Å²) in [5, 5.41) is 3.23. The minimum atomic E-state index is -0.00883. The molecular formula is C27H45N3O2. The van der Waals surface area contributed by atoms with Gasteiger partial charge in [-0.3, -0.25) is 9.69 Å². The Bertz CT molecular complexity index is 713. The summed E-state index contributed by atoms with van der Waals surface area (Å²) in [6.45, 7) is 4.63. The van der Waals surface area contributed by atoms with Crippen LogP contribution >= 0.6 is 0 Å². The van der Waals surface area contributed by atoms with E-state index in [9.17, 15) is 4.79 Å². The second-order valence-corrected chi connectivity index (χ2v) is 10.4. The van der Waals surface area contributed by atoms with Crippen LogP contribution in [-0.2, 0) is 15.1 Å². The van der Waals surface area contributed by atoms with Gasteiger partial charge in [0.2, 0.25) is 5.91 Å². The highest BCUT2D eigenvalue weighted by atomic mass is 16.5. The third kappa shape index (κ3) is 5.05. The SMILES string of the molecule is CNCCCC(C)C1CCC2(CCC(c3ccccc3)(N(C)C)CC2)N(CCOC)C1=O. The number of hydrogen-bond donors (Lipinski definition) is 1. The summed E-state index contributed by atoms with van der Waals surface area (Å²) in [6, 6.07) is 11.0. The van der Waals surface area contributed by atoms with Gasteiger partial charge in [-0.15, -0.1) is 0 Å². The van der Waals surface area contributed by atoms with Crippen molar-refractivity contribution in [2.75, 3.05) is 47.9 Å². The number of hydrogen-bond acceptors (Lipinski definition) is 4. The Labute approximate surface area is 195 Å². The molecule has 5 nitrogen and oxygen atoms in total. The number of nitrogens with zero attached hydrogens (tertiary/aromatic N) is 2. The Morgan fingerprint density at radius 3 is 2.44 bits per heavy atom. The lowest BCUT2D eigenvalue weighted by atomic mass is 9.63. The number of piperidine rings is 1. The van der Waals surface area contributed by atoms with Crippen molar-refractivity contribution in [1.82, 2.24) is 15.1 Å². The Kier molecular flexibility index (Phi) is 8.76. The Hall–Kier alpha value is -1.43. The molecule has 2 fully saturated rings. The number of methoxy groups -OCH3 is 1. The van der Waals surface area contributed by atoms with Crippen LogP contribution < -0.4 is 5.32 Å². The fourth-order valence-electron chi connectivity index (χ4n) is 6.37. The van der Waals surface area contributed by atoms with Crippen molar-refractivity contribution in [1.29, 1.82) is 0 Å². The molecule has 180 valence electrons. The third-order valence-electron chi connectivity index (χ3n) is 8.54. The molecule has 2 atom stereocenters. The van der Waals surface area contributed by atoms with Crippen molar-refractivity contribution in [2.24, 2.45) is 11.8 Å². The van der Waals surface area contributed by atoms with Gasteiger partial charge in [-0.05, 0) is 90.5 Å². The van der Waals surface area contributed by atoms with Crippen molar-refractivity contribution in [3.8, 4) is 0 Å². The van der Waals surface area contributed by atoms with Crippen LogP contribution in [0.25, 0.3) is 0 Å². The van der Waals surface area contributed by atoms with Crippen LogP contribution in [0.5, 0.6) is 0 Å². The molecule has 0 bridgehead atoms. The topological polar surface area (TPSA) is 44.8 Å². The van der Waals surface area contributed by atoms with Crippen molar-refractivity contribution in [3.63, 3.8) is 0 Å². The molecule has 1 aliphatic carbocycles. The summed E-state index contributed by atoms with van der Waals surface area (Å²) in [5.74, 6) is 0.971. The van der Waals surface area contributed by atoms with Crippen LogP contribution in [0.4, 0.5) is 0 Å². The number of benzene rings is 1. The zero-order valence-electron chi connectivity index (χ0n) is 21.0. The lowest BCUT2D eigenvalue weighted by Gasteiger charge is -2.57. The highest BCUT2D eigenvalue weighted by Gasteiger charge is 2.52. The first-order valence-electron chi connectivity index (χ1n) is 12.6. The van der Waals surface area contributed by atoms with E-state index < -0.39 is 0 Å². The number of amides is 1. The lowest BCUT2D eigenvalue weighted by molar-refractivity contribution is -0.156. The van der Waals surface area contributed by atoms with Crippen LogP contribution in [0.1, 0.15) is 63.9 Å². The normalized spacial score (nSPS) is 29.6. The van der Waals surface area contributed by atoms with Gasteiger partial charge in [-0.2, -0.15) is 0 Å². The van der Waals surface area contributed by atoms with Crippen LogP contribution in [0.15, 0.2) is 30.3 Å². The maximum Gasteiger partial charge on any atom is 0.226 e. The van der Waals surface area contributed by atoms with Gasteiger partial charge >= 0.3 is 0 Å².